The molecule has 0 heterocycles. The van der Waals surface area contributed by atoms with Gasteiger partial charge in [-0.05, 0) is 64.2 Å². The minimum Gasteiger partial charge on any atom is -0.462 e. The van der Waals surface area contributed by atoms with Gasteiger partial charge in [-0.25, -0.2) is 0 Å². The number of unbranched alkanes of at least 4 members (excludes halogenated alkanes) is 29. The fraction of sp³-hybridized carbons (Fsp3) is 0.830. The first kappa shape index (κ1) is 56.6. The first-order valence-electron chi connectivity index (χ1n) is 25.5. The van der Waals surface area contributed by atoms with Gasteiger partial charge in [-0.2, -0.15) is 0 Å². The van der Waals surface area contributed by atoms with Crippen molar-refractivity contribution in [1.29, 1.82) is 0 Å². The largest absolute Gasteiger partial charge is 0.462 e. The van der Waals surface area contributed by atoms with E-state index in [4.69, 9.17) is 14.2 Å². The summed E-state index contributed by atoms with van der Waals surface area (Å²) in [4.78, 5) is 37.9. The maximum absolute atomic E-state index is 12.8. The molecule has 0 bridgehead atoms. The van der Waals surface area contributed by atoms with E-state index in [1.807, 2.05) is 0 Å². The molecular weight excluding hydrogens is 733 g/mol. The van der Waals surface area contributed by atoms with Gasteiger partial charge in [0, 0.05) is 19.3 Å². The van der Waals surface area contributed by atoms with Crippen LogP contribution in [-0.4, -0.2) is 37.2 Å². The number of allylic oxidation sites excluding steroid dienone is 6. The Kier molecular flexibility index (Phi) is 46.4. The summed E-state index contributed by atoms with van der Waals surface area (Å²) >= 11 is 0. The average molecular weight is 829 g/mol. The third kappa shape index (κ3) is 46.5. The minimum absolute atomic E-state index is 0.0752. The predicted molar refractivity (Wildman–Crippen MR) is 252 cm³/mol. The van der Waals surface area contributed by atoms with Crippen molar-refractivity contribution in [3.05, 3.63) is 36.5 Å². The molecule has 0 amide bonds. The Balaban J connectivity index is 4.34. The average Bonchev–Trinajstić information content (AvgIpc) is 3.23. The number of carbonyl (C=O) groups is 3. The number of rotatable bonds is 46. The zero-order valence-corrected chi connectivity index (χ0v) is 39.3. The second-order valence-corrected chi connectivity index (χ2v) is 17.1. The molecule has 344 valence electrons. The van der Waals surface area contributed by atoms with Crippen LogP contribution in [0.25, 0.3) is 0 Å². The zero-order valence-electron chi connectivity index (χ0n) is 39.3. The van der Waals surface area contributed by atoms with Gasteiger partial charge in [-0.3, -0.25) is 14.4 Å². The van der Waals surface area contributed by atoms with Crippen molar-refractivity contribution in [3.8, 4) is 0 Å². The first-order valence-corrected chi connectivity index (χ1v) is 25.5. The van der Waals surface area contributed by atoms with Gasteiger partial charge >= 0.3 is 17.9 Å². The van der Waals surface area contributed by atoms with Crippen molar-refractivity contribution in [1.82, 2.24) is 0 Å². The summed E-state index contributed by atoms with van der Waals surface area (Å²) in [5, 5.41) is 0. The summed E-state index contributed by atoms with van der Waals surface area (Å²) in [6.07, 6.45) is 55.6. The molecule has 0 spiro atoms. The molecule has 0 aliphatic rings. The molecule has 0 aliphatic carbocycles. The molecule has 0 aromatic rings. The molecule has 0 saturated heterocycles. The molecule has 1 atom stereocenters. The summed E-state index contributed by atoms with van der Waals surface area (Å²) in [6, 6.07) is 0. The van der Waals surface area contributed by atoms with E-state index in [9.17, 15) is 14.4 Å². The maximum Gasteiger partial charge on any atom is 0.306 e. The molecule has 0 aliphatic heterocycles. The van der Waals surface area contributed by atoms with E-state index in [-0.39, 0.29) is 31.1 Å². The molecular formula is C53H96O6. The lowest BCUT2D eigenvalue weighted by atomic mass is 10.0. The number of hydrogen-bond donors (Lipinski definition) is 0. The van der Waals surface area contributed by atoms with Crippen molar-refractivity contribution in [3.63, 3.8) is 0 Å². The lowest BCUT2D eigenvalue weighted by molar-refractivity contribution is -0.167. The number of hydrogen-bond acceptors (Lipinski definition) is 6. The Morgan fingerprint density at radius 3 is 1.08 bits per heavy atom. The van der Waals surface area contributed by atoms with E-state index in [0.717, 1.165) is 83.5 Å². The summed E-state index contributed by atoms with van der Waals surface area (Å²) in [7, 11) is 0. The molecule has 0 rings (SSSR count). The van der Waals surface area contributed by atoms with Gasteiger partial charge in [-0.1, -0.05) is 218 Å². The predicted octanol–water partition coefficient (Wildman–Crippen LogP) is 16.5. The van der Waals surface area contributed by atoms with Crippen LogP contribution in [0.1, 0.15) is 265 Å². The highest BCUT2D eigenvalue weighted by Gasteiger charge is 2.19. The van der Waals surface area contributed by atoms with Crippen molar-refractivity contribution in [2.45, 2.75) is 271 Å². The molecule has 0 fully saturated rings. The smallest absolute Gasteiger partial charge is 0.306 e. The van der Waals surface area contributed by atoms with Crippen molar-refractivity contribution >= 4 is 17.9 Å². The fourth-order valence-electron chi connectivity index (χ4n) is 7.29. The summed E-state index contributed by atoms with van der Waals surface area (Å²) in [6.45, 7) is 6.50. The van der Waals surface area contributed by atoms with Crippen LogP contribution in [0.5, 0.6) is 0 Å². The molecule has 0 aromatic heterocycles. The van der Waals surface area contributed by atoms with Crippen LogP contribution in [0.15, 0.2) is 36.5 Å². The Morgan fingerprint density at radius 1 is 0.356 bits per heavy atom. The van der Waals surface area contributed by atoms with Gasteiger partial charge in [0.15, 0.2) is 6.10 Å². The second-order valence-electron chi connectivity index (χ2n) is 17.1. The molecule has 59 heavy (non-hydrogen) atoms. The first-order chi connectivity index (χ1) is 29.0. The summed E-state index contributed by atoms with van der Waals surface area (Å²) < 4.78 is 16.8. The van der Waals surface area contributed by atoms with Crippen LogP contribution in [0, 0.1) is 0 Å². The van der Waals surface area contributed by atoms with E-state index >= 15 is 0 Å². The van der Waals surface area contributed by atoms with Crippen molar-refractivity contribution < 1.29 is 28.6 Å². The number of ether oxygens (including phenoxy) is 3. The van der Waals surface area contributed by atoms with E-state index in [1.165, 1.54) is 141 Å². The van der Waals surface area contributed by atoms with Gasteiger partial charge in [-0.15, -0.1) is 0 Å². The Labute approximate surface area is 365 Å². The lowest BCUT2D eigenvalue weighted by Gasteiger charge is -2.18. The van der Waals surface area contributed by atoms with Crippen LogP contribution >= 0.6 is 0 Å². The van der Waals surface area contributed by atoms with Gasteiger partial charge in [0.2, 0.25) is 0 Å². The van der Waals surface area contributed by atoms with Crippen LogP contribution in [-0.2, 0) is 28.6 Å². The van der Waals surface area contributed by atoms with Crippen LogP contribution in [0.2, 0.25) is 0 Å². The number of esters is 3. The molecule has 0 radical (unpaired) electrons. The van der Waals surface area contributed by atoms with Crippen LogP contribution in [0.4, 0.5) is 0 Å². The maximum atomic E-state index is 12.8. The highest BCUT2D eigenvalue weighted by Crippen LogP contribution is 2.16. The molecule has 6 nitrogen and oxygen atoms in total. The van der Waals surface area contributed by atoms with Crippen LogP contribution < -0.4 is 0 Å². The highest BCUT2D eigenvalue weighted by molar-refractivity contribution is 5.71. The second kappa shape index (κ2) is 48.3. The third-order valence-corrected chi connectivity index (χ3v) is 11.1. The topological polar surface area (TPSA) is 78.9 Å². The van der Waals surface area contributed by atoms with E-state index < -0.39 is 6.10 Å². The van der Waals surface area contributed by atoms with E-state index in [2.05, 4.69) is 57.2 Å². The van der Waals surface area contributed by atoms with Crippen molar-refractivity contribution in [2.75, 3.05) is 13.2 Å². The Morgan fingerprint density at radius 2 is 0.678 bits per heavy atom. The van der Waals surface area contributed by atoms with Crippen molar-refractivity contribution in [2.24, 2.45) is 0 Å². The monoisotopic (exact) mass is 829 g/mol. The fourth-order valence-corrected chi connectivity index (χ4v) is 7.29. The van der Waals surface area contributed by atoms with Gasteiger partial charge < -0.3 is 14.2 Å². The van der Waals surface area contributed by atoms with E-state index in [1.54, 1.807) is 0 Å². The quantitative estimate of drug-likeness (QED) is 0.0263. The molecule has 0 aromatic carbocycles. The zero-order chi connectivity index (χ0) is 43.0. The SMILES string of the molecule is CC/C=C\C/C=C\CCCCCCCCCC(=O)OC(COC(=O)CCCCCCC/C=C\CCCC)COC(=O)CCCCCCCCCCCCCCCCCC. The molecule has 0 N–H and O–H groups in total. The summed E-state index contributed by atoms with van der Waals surface area (Å²) in [5.41, 5.74) is 0. The lowest BCUT2D eigenvalue weighted by Crippen LogP contribution is -2.30. The standard InChI is InChI=1S/C53H96O6/c1-4-7-10-13-16-19-22-24-26-27-29-31-34-37-40-43-46-52(55)58-49-50(48-57-51(54)45-42-39-36-33-30-21-18-15-12-9-6-3)59-53(56)47-44-41-38-35-32-28-25-23-20-17-14-11-8-5-2/h8,11,15,17-18,20,50H,4-7,9-10,12-14,16,19,21-49H2,1-3H3/b11-8-,18-15-,20-17-. The third-order valence-electron chi connectivity index (χ3n) is 11.1. The van der Waals surface area contributed by atoms with Crippen LogP contribution in [0.3, 0.4) is 0 Å². The number of carbonyl (C=O) groups excluding carboxylic acids is 3. The Bertz CT molecular complexity index is 1000. The molecule has 1 unspecified atom stereocenters. The van der Waals surface area contributed by atoms with Gasteiger partial charge in [0.1, 0.15) is 13.2 Å². The highest BCUT2D eigenvalue weighted by atomic mass is 16.6. The normalized spacial score (nSPS) is 12.3. The van der Waals surface area contributed by atoms with Gasteiger partial charge in [0.25, 0.3) is 0 Å². The van der Waals surface area contributed by atoms with Gasteiger partial charge in [0.05, 0.1) is 0 Å². The Hall–Kier alpha value is -2.37. The molecule has 6 heteroatoms. The minimum atomic E-state index is -0.775. The molecule has 0 saturated carbocycles. The van der Waals surface area contributed by atoms with E-state index in [0.29, 0.717) is 19.3 Å². The summed E-state index contributed by atoms with van der Waals surface area (Å²) in [5.74, 6) is -0.885.